The number of urea groups is 1. The molecule has 1 fully saturated rings. The van der Waals surface area contributed by atoms with Crippen LogP contribution in [0.4, 0.5) is 4.79 Å². The summed E-state index contributed by atoms with van der Waals surface area (Å²) in [4.78, 5) is 14.4. The molecule has 2 atom stereocenters. The van der Waals surface area contributed by atoms with Gasteiger partial charge in [0.25, 0.3) is 0 Å². The van der Waals surface area contributed by atoms with Crippen LogP contribution in [0.2, 0.25) is 0 Å². The maximum Gasteiger partial charge on any atom is 0.317 e. The molecule has 0 aliphatic carbocycles. The minimum atomic E-state index is -3.37. The number of carbonyl (C=O) groups excluding carboxylic acids is 1. The van der Waals surface area contributed by atoms with Gasteiger partial charge in [-0.25, -0.2) is 17.9 Å². The van der Waals surface area contributed by atoms with Gasteiger partial charge < -0.3 is 10.2 Å². The summed E-state index contributed by atoms with van der Waals surface area (Å²) in [7, 11) is -3.37. The lowest BCUT2D eigenvalue weighted by Crippen LogP contribution is -2.59. The highest BCUT2D eigenvalue weighted by atomic mass is 32.2. The monoisotopic (exact) mass is 429 g/mol. The van der Waals surface area contributed by atoms with E-state index in [9.17, 15) is 13.2 Å². The zero-order valence-corrected chi connectivity index (χ0v) is 18.5. The molecule has 2 unspecified atom stereocenters. The van der Waals surface area contributed by atoms with Crippen molar-refractivity contribution in [3.05, 3.63) is 71.3 Å². The van der Waals surface area contributed by atoms with Crippen LogP contribution in [0.15, 0.2) is 54.6 Å². The largest absolute Gasteiger partial charge is 0.338 e. The summed E-state index contributed by atoms with van der Waals surface area (Å²) in [5.41, 5.74) is 3.55. The van der Waals surface area contributed by atoms with Gasteiger partial charge in [0, 0.05) is 19.1 Å². The van der Waals surface area contributed by atoms with E-state index in [0.717, 1.165) is 24.8 Å². The number of benzene rings is 2. The smallest absolute Gasteiger partial charge is 0.317 e. The molecule has 6 nitrogen and oxygen atoms in total. The van der Waals surface area contributed by atoms with Gasteiger partial charge in [-0.05, 0) is 49.3 Å². The van der Waals surface area contributed by atoms with Gasteiger partial charge in [-0.3, -0.25) is 0 Å². The number of likely N-dealkylation sites (tertiary alicyclic amines) is 1. The molecule has 162 valence electrons. The fourth-order valence-electron chi connectivity index (χ4n) is 4.17. The second-order valence-corrected chi connectivity index (χ2v) is 9.70. The summed E-state index contributed by atoms with van der Waals surface area (Å²) in [5.74, 6) is 0. The Labute approximate surface area is 179 Å². The number of sulfonamides is 1. The summed E-state index contributed by atoms with van der Waals surface area (Å²) >= 11 is 0. The summed E-state index contributed by atoms with van der Waals surface area (Å²) < 4.78 is 26.6. The Balaban J connectivity index is 1.83. The fourth-order valence-corrected chi connectivity index (χ4v) is 4.99. The van der Waals surface area contributed by atoms with Gasteiger partial charge in [0.05, 0.1) is 12.3 Å². The first-order chi connectivity index (χ1) is 14.4. The second-order valence-electron chi connectivity index (χ2n) is 7.92. The van der Waals surface area contributed by atoms with E-state index >= 15 is 0 Å². The molecule has 1 aliphatic heterocycles. The fraction of sp³-hybridized carbons (Fsp3) is 0.435. The number of hydrogen-bond acceptors (Lipinski definition) is 3. The number of hydrogen-bond donors (Lipinski definition) is 2. The molecule has 0 bridgehead atoms. The average molecular weight is 430 g/mol. The zero-order chi connectivity index (χ0) is 21.6. The summed E-state index contributed by atoms with van der Waals surface area (Å²) in [6.45, 7) is 3.05. The SMILES string of the molecule is CCNC(=O)N1CCCC(NS(C)(=O)=O)C1Cc1cccc(Cc2ccccc2)c1. The molecule has 0 aromatic heterocycles. The van der Waals surface area contributed by atoms with Crippen molar-refractivity contribution in [1.29, 1.82) is 0 Å². The minimum Gasteiger partial charge on any atom is -0.338 e. The molecule has 2 aromatic carbocycles. The van der Waals surface area contributed by atoms with Crippen LogP contribution >= 0.6 is 0 Å². The van der Waals surface area contributed by atoms with Crippen LogP contribution < -0.4 is 10.0 Å². The standard InChI is InChI=1S/C23H31N3O3S/c1-3-24-23(27)26-14-8-13-21(25-30(2,28)29)22(26)17-20-12-7-11-19(16-20)15-18-9-5-4-6-10-18/h4-7,9-12,16,21-22,25H,3,8,13-15,17H2,1-2H3,(H,24,27). The third-order valence-corrected chi connectivity index (χ3v) is 6.15. The topological polar surface area (TPSA) is 78.5 Å². The minimum absolute atomic E-state index is 0.136. The van der Waals surface area contributed by atoms with Crippen LogP contribution in [0.1, 0.15) is 36.5 Å². The molecular formula is C23H31N3O3S. The summed E-state index contributed by atoms with van der Waals surface area (Å²) in [5, 5.41) is 2.87. The Morgan fingerprint density at radius 2 is 1.77 bits per heavy atom. The van der Waals surface area contributed by atoms with Gasteiger partial charge in [-0.2, -0.15) is 0 Å². The second kappa shape index (κ2) is 10.1. The van der Waals surface area contributed by atoms with E-state index in [1.165, 1.54) is 17.4 Å². The number of rotatable bonds is 7. The zero-order valence-electron chi connectivity index (χ0n) is 17.7. The molecule has 1 saturated heterocycles. The molecule has 7 heteroatoms. The first-order valence-electron chi connectivity index (χ1n) is 10.5. The first kappa shape index (κ1) is 22.3. The van der Waals surface area contributed by atoms with Crippen LogP contribution in [-0.4, -0.2) is 50.8 Å². The number of carbonyl (C=O) groups is 1. The van der Waals surface area contributed by atoms with Crippen molar-refractivity contribution in [2.45, 2.75) is 44.7 Å². The van der Waals surface area contributed by atoms with Crippen molar-refractivity contribution in [2.75, 3.05) is 19.3 Å². The van der Waals surface area contributed by atoms with E-state index in [2.05, 4.69) is 40.4 Å². The molecule has 2 N–H and O–H groups in total. The van der Waals surface area contributed by atoms with Gasteiger partial charge in [0.2, 0.25) is 10.0 Å². The Morgan fingerprint density at radius 3 is 2.47 bits per heavy atom. The predicted molar refractivity (Wildman–Crippen MR) is 120 cm³/mol. The molecular weight excluding hydrogens is 398 g/mol. The highest BCUT2D eigenvalue weighted by Gasteiger charge is 2.35. The average Bonchev–Trinajstić information content (AvgIpc) is 2.69. The lowest BCUT2D eigenvalue weighted by molar-refractivity contribution is 0.134. The molecule has 1 heterocycles. The van der Waals surface area contributed by atoms with Crippen molar-refractivity contribution in [1.82, 2.24) is 14.9 Å². The van der Waals surface area contributed by atoms with E-state index in [1.54, 1.807) is 4.90 Å². The Kier molecular flexibility index (Phi) is 7.50. The number of piperidine rings is 1. The van der Waals surface area contributed by atoms with Crippen molar-refractivity contribution >= 4 is 16.1 Å². The Bertz CT molecular complexity index is 947. The predicted octanol–water partition coefficient (Wildman–Crippen LogP) is 2.93. The van der Waals surface area contributed by atoms with Gasteiger partial charge in [-0.15, -0.1) is 0 Å². The third kappa shape index (κ3) is 6.31. The molecule has 2 aromatic rings. The number of nitrogens with zero attached hydrogens (tertiary/aromatic N) is 1. The van der Waals surface area contributed by atoms with Crippen molar-refractivity contribution in [3.63, 3.8) is 0 Å². The van der Waals surface area contributed by atoms with Crippen LogP contribution in [-0.2, 0) is 22.9 Å². The Hall–Kier alpha value is -2.38. The Morgan fingerprint density at radius 1 is 1.07 bits per heavy atom. The molecule has 2 amide bonds. The highest BCUT2D eigenvalue weighted by molar-refractivity contribution is 7.88. The van der Waals surface area contributed by atoms with Crippen LogP contribution in [0, 0.1) is 0 Å². The molecule has 3 rings (SSSR count). The van der Waals surface area contributed by atoms with Crippen LogP contribution in [0.3, 0.4) is 0 Å². The van der Waals surface area contributed by atoms with Gasteiger partial charge in [0.15, 0.2) is 0 Å². The molecule has 0 radical (unpaired) electrons. The van der Waals surface area contributed by atoms with E-state index in [-0.39, 0.29) is 18.1 Å². The number of nitrogens with one attached hydrogen (secondary N) is 2. The summed E-state index contributed by atoms with van der Waals surface area (Å²) in [6, 6.07) is 18.0. The van der Waals surface area contributed by atoms with Crippen LogP contribution in [0.5, 0.6) is 0 Å². The number of amides is 2. The van der Waals surface area contributed by atoms with Crippen LogP contribution in [0.25, 0.3) is 0 Å². The lowest BCUT2D eigenvalue weighted by atomic mass is 9.90. The van der Waals surface area contributed by atoms with E-state index in [1.807, 2.05) is 31.2 Å². The highest BCUT2D eigenvalue weighted by Crippen LogP contribution is 2.23. The van der Waals surface area contributed by atoms with Crippen molar-refractivity contribution < 1.29 is 13.2 Å². The summed E-state index contributed by atoms with van der Waals surface area (Å²) in [6.07, 6.45) is 4.11. The van der Waals surface area contributed by atoms with E-state index < -0.39 is 10.0 Å². The molecule has 1 aliphatic rings. The normalized spacial score (nSPS) is 19.5. The van der Waals surface area contributed by atoms with Gasteiger partial charge >= 0.3 is 6.03 Å². The third-order valence-electron chi connectivity index (χ3n) is 5.42. The van der Waals surface area contributed by atoms with E-state index in [0.29, 0.717) is 19.5 Å². The van der Waals surface area contributed by atoms with Gasteiger partial charge in [0.1, 0.15) is 0 Å². The molecule has 0 spiro atoms. The maximum atomic E-state index is 12.7. The van der Waals surface area contributed by atoms with Gasteiger partial charge in [-0.1, -0.05) is 54.6 Å². The quantitative estimate of drug-likeness (QED) is 0.710. The molecule has 30 heavy (non-hydrogen) atoms. The van der Waals surface area contributed by atoms with E-state index in [4.69, 9.17) is 0 Å². The maximum absolute atomic E-state index is 12.7. The molecule has 0 saturated carbocycles. The lowest BCUT2D eigenvalue weighted by Gasteiger charge is -2.41. The van der Waals surface area contributed by atoms with Crippen molar-refractivity contribution in [3.8, 4) is 0 Å². The first-order valence-corrected chi connectivity index (χ1v) is 12.4. The van der Waals surface area contributed by atoms with Crippen molar-refractivity contribution in [2.24, 2.45) is 0 Å².